The van der Waals surface area contributed by atoms with Crippen LogP contribution in [0, 0.1) is 0 Å². The first kappa shape index (κ1) is 30.0. The number of aryl methyl sites for hydroxylation is 2. The van der Waals surface area contributed by atoms with E-state index in [0.717, 1.165) is 27.8 Å². The molecule has 0 radical (unpaired) electrons. The fraction of sp³-hybridized carbons (Fsp3) is 0.132. The minimum absolute atomic E-state index is 0.121. The summed E-state index contributed by atoms with van der Waals surface area (Å²) in [6, 6.07) is 40.7. The second-order valence-electron chi connectivity index (χ2n) is 10.4. The lowest BCUT2D eigenvalue weighted by Crippen LogP contribution is -2.13. The van der Waals surface area contributed by atoms with Gasteiger partial charge < -0.3 is 14.2 Å². The minimum atomic E-state index is -0.410. The van der Waals surface area contributed by atoms with Gasteiger partial charge in [-0.05, 0) is 64.9 Å². The summed E-state index contributed by atoms with van der Waals surface area (Å²) in [4.78, 5) is 37.7. The molecule has 5 aromatic rings. The highest BCUT2D eigenvalue weighted by Crippen LogP contribution is 2.26. The van der Waals surface area contributed by atoms with E-state index in [1.54, 1.807) is 30.3 Å². The van der Waals surface area contributed by atoms with E-state index in [4.69, 9.17) is 14.2 Å². The quantitative estimate of drug-likeness (QED) is 0.117. The van der Waals surface area contributed by atoms with E-state index in [-0.39, 0.29) is 25.2 Å². The Morgan fingerprint density at radius 1 is 0.364 bits per heavy atom. The molecule has 5 rings (SSSR count). The molecule has 0 bridgehead atoms. The molecule has 0 aliphatic carbocycles. The van der Waals surface area contributed by atoms with Crippen molar-refractivity contribution in [3.8, 4) is 17.2 Å². The monoisotopic (exact) mass is 584 g/mol. The van der Waals surface area contributed by atoms with Gasteiger partial charge in [-0.15, -0.1) is 0 Å². The van der Waals surface area contributed by atoms with Crippen LogP contribution in [0.5, 0.6) is 17.2 Å². The third kappa shape index (κ3) is 9.53. The SMILES string of the molecule is O=C(Cc1ccccc1)Oc1ccc(CCc2cc(OC(=O)Cc3ccccc3)cc(OC(=O)Cc3ccccc3)c2)cc1. The third-order valence-electron chi connectivity index (χ3n) is 6.83. The molecule has 0 aromatic heterocycles. The summed E-state index contributed by atoms with van der Waals surface area (Å²) in [6.07, 6.45) is 1.71. The van der Waals surface area contributed by atoms with Gasteiger partial charge in [0.15, 0.2) is 0 Å². The van der Waals surface area contributed by atoms with E-state index in [0.29, 0.717) is 30.1 Å². The Bertz CT molecular complexity index is 1610. The van der Waals surface area contributed by atoms with Crippen LogP contribution in [0.3, 0.4) is 0 Å². The average Bonchev–Trinajstić information content (AvgIpc) is 3.02. The van der Waals surface area contributed by atoms with Crippen LogP contribution in [0.1, 0.15) is 27.8 Å². The summed E-state index contributed by atoms with van der Waals surface area (Å²) in [5.74, 6) is -0.0376. The van der Waals surface area contributed by atoms with Crippen molar-refractivity contribution >= 4 is 17.9 Å². The minimum Gasteiger partial charge on any atom is -0.426 e. The van der Waals surface area contributed by atoms with Crippen molar-refractivity contribution in [3.63, 3.8) is 0 Å². The lowest BCUT2D eigenvalue weighted by atomic mass is 10.0. The molecule has 0 saturated heterocycles. The van der Waals surface area contributed by atoms with Crippen molar-refractivity contribution in [2.75, 3.05) is 0 Å². The van der Waals surface area contributed by atoms with E-state index in [2.05, 4.69) is 0 Å². The normalized spacial score (nSPS) is 10.5. The van der Waals surface area contributed by atoms with E-state index >= 15 is 0 Å². The highest BCUT2D eigenvalue weighted by Gasteiger charge is 2.13. The van der Waals surface area contributed by atoms with Crippen LogP contribution in [0.4, 0.5) is 0 Å². The maximum atomic E-state index is 12.7. The Labute approximate surface area is 256 Å². The van der Waals surface area contributed by atoms with Crippen molar-refractivity contribution in [2.45, 2.75) is 32.1 Å². The van der Waals surface area contributed by atoms with Crippen molar-refractivity contribution < 1.29 is 28.6 Å². The second kappa shape index (κ2) is 15.1. The van der Waals surface area contributed by atoms with Crippen LogP contribution in [0.15, 0.2) is 133 Å². The van der Waals surface area contributed by atoms with Crippen LogP contribution in [-0.4, -0.2) is 17.9 Å². The van der Waals surface area contributed by atoms with Crippen LogP contribution >= 0.6 is 0 Å². The van der Waals surface area contributed by atoms with Gasteiger partial charge in [0.2, 0.25) is 0 Å². The molecule has 6 nitrogen and oxygen atoms in total. The number of esters is 3. The van der Waals surface area contributed by atoms with E-state index < -0.39 is 11.9 Å². The number of ether oxygens (including phenoxy) is 3. The number of hydrogen-bond donors (Lipinski definition) is 0. The maximum Gasteiger partial charge on any atom is 0.315 e. The Hall–Kier alpha value is -5.49. The number of carbonyl (C=O) groups is 3. The first-order valence-electron chi connectivity index (χ1n) is 14.5. The lowest BCUT2D eigenvalue weighted by Gasteiger charge is -2.12. The smallest absolute Gasteiger partial charge is 0.315 e. The molecular formula is C38H32O6. The van der Waals surface area contributed by atoms with Crippen molar-refractivity contribution in [3.05, 3.63) is 161 Å². The molecule has 0 atom stereocenters. The zero-order chi connectivity index (χ0) is 30.6. The summed E-state index contributed by atoms with van der Waals surface area (Å²) in [5.41, 5.74) is 4.46. The van der Waals surface area contributed by atoms with Gasteiger partial charge in [-0.3, -0.25) is 14.4 Å². The lowest BCUT2D eigenvalue weighted by molar-refractivity contribution is -0.134. The number of hydrogen-bond acceptors (Lipinski definition) is 6. The van der Waals surface area contributed by atoms with Crippen molar-refractivity contribution in [1.82, 2.24) is 0 Å². The number of benzene rings is 5. The molecule has 0 spiro atoms. The van der Waals surface area contributed by atoms with E-state index in [1.165, 1.54) is 0 Å². The van der Waals surface area contributed by atoms with Gasteiger partial charge in [0.25, 0.3) is 0 Å². The Kier molecular flexibility index (Phi) is 10.3. The zero-order valence-corrected chi connectivity index (χ0v) is 24.2. The topological polar surface area (TPSA) is 78.9 Å². The summed E-state index contributed by atoms with van der Waals surface area (Å²) in [6.45, 7) is 0. The maximum absolute atomic E-state index is 12.7. The molecule has 0 heterocycles. The predicted octanol–water partition coefficient (Wildman–Crippen LogP) is 6.92. The van der Waals surface area contributed by atoms with Gasteiger partial charge in [0.05, 0.1) is 19.3 Å². The van der Waals surface area contributed by atoms with Crippen LogP contribution in [0.2, 0.25) is 0 Å². The summed E-state index contributed by atoms with van der Waals surface area (Å²) < 4.78 is 16.8. The van der Waals surface area contributed by atoms with Crippen LogP contribution < -0.4 is 14.2 Å². The summed E-state index contributed by atoms with van der Waals surface area (Å²) in [5, 5.41) is 0. The molecule has 44 heavy (non-hydrogen) atoms. The fourth-order valence-electron chi connectivity index (χ4n) is 4.70. The molecule has 0 fully saturated rings. The highest BCUT2D eigenvalue weighted by atomic mass is 16.5. The standard InChI is InChI=1S/C38H32O6/c39-36(24-29-10-4-1-5-11-29)42-33-20-18-28(19-21-33)16-17-32-22-34(43-37(40)25-30-12-6-2-7-13-30)27-35(23-32)44-38(41)26-31-14-8-3-9-15-31/h1-15,18-23,27H,16-17,24-26H2. The van der Waals surface area contributed by atoms with Crippen LogP contribution in [-0.2, 0) is 46.5 Å². The van der Waals surface area contributed by atoms with Gasteiger partial charge in [0.1, 0.15) is 17.2 Å². The summed E-state index contributed by atoms with van der Waals surface area (Å²) >= 11 is 0. The third-order valence-corrected chi connectivity index (χ3v) is 6.83. The van der Waals surface area contributed by atoms with Crippen LogP contribution in [0.25, 0.3) is 0 Å². The van der Waals surface area contributed by atoms with Gasteiger partial charge in [-0.2, -0.15) is 0 Å². The van der Waals surface area contributed by atoms with Gasteiger partial charge in [0, 0.05) is 6.07 Å². The zero-order valence-electron chi connectivity index (χ0n) is 24.2. The largest absolute Gasteiger partial charge is 0.426 e. The highest BCUT2D eigenvalue weighted by molar-refractivity contribution is 5.77. The second-order valence-corrected chi connectivity index (χ2v) is 10.4. The first-order valence-corrected chi connectivity index (χ1v) is 14.5. The molecule has 0 unspecified atom stereocenters. The molecule has 0 aliphatic rings. The fourth-order valence-corrected chi connectivity index (χ4v) is 4.70. The Morgan fingerprint density at radius 3 is 1.14 bits per heavy atom. The average molecular weight is 585 g/mol. The number of carbonyl (C=O) groups excluding carboxylic acids is 3. The molecule has 6 heteroatoms. The summed E-state index contributed by atoms with van der Waals surface area (Å²) in [7, 11) is 0. The number of rotatable bonds is 12. The predicted molar refractivity (Wildman–Crippen MR) is 168 cm³/mol. The first-order chi connectivity index (χ1) is 21.5. The van der Waals surface area contributed by atoms with Gasteiger partial charge in [-0.1, -0.05) is 103 Å². The molecule has 5 aromatic carbocycles. The molecule has 0 aliphatic heterocycles. The van der Waals surface area contributed by atoms with E-state index in [1.807, 2.05) is 103 Å². The van der Waals surface area contributed by atoms with Crippen molar-refractivity contribution in [1.29, 1.82) is 0 Å². The van der Waals surface area contributed by atoms with Gasteiger partial charge in [-0.25, -0.2) is 0 Å². The molecular weight excluding hydrogens is 552 g/mol. The molecule has 0 saturated carbocycles. The Morgan fingerprint density at radius 2 is 0.727 bits per heavy atom. The van der Waals surface area contributed by atoms with Crippen molar-refractivity contribution in [2.24, 2.45) is 0 Å². The molecule has 220 valence electrons. The molecule has 0 amide bonds. The molecule has 0 N–H and O–H groups in total. The van der Waals surface area contributed by atoms with Gasteiger partial charge >= 0.3 is 17.9 Å². The Balaban J connectivity index is 1.23. The van der Waals surface area contributed by atoms with E-state index in [9.17, 15) is 14.4 Å².